The monoisotopic (exact) mass is 501 g/mol. The van der Waals surface area contributed by atoms with E-state index in [-0.39, 0.29) is 17.9 Å². The molecule has 0 amide bonds. The standard InChI is InChI=1S/C26H23F4N3O3/c27-25-22(6-3-18(15-31)24(25)26(28,29)30)33-9-7-17(8-10-33)21-5-4-20(14-19(21)16-32)34-11-1-2-23-35-12-13-36-23/h3-6,12-14,17,23H,1-2,7-11H2. The van der Waals surface area contributed by atoms with E-state index in [0.29, 0.717) is 56.7 Å². The lowest BCUT2D eigenvalue weighted by Crippen LogP contribution is -2.34. The maximum absolute atomic E-state index is 14.8. The molecule has 1 fully saturated rings. The summed E-state index contributed by atoms with van der Waals surface area (Å²) < 4.78 is 71.0. The summed E-state index contributed by atoms with van der Waals surface area (Å²) in [5.74, 6) is -0.863. The molecule has 0 aromatic heterocycles. The number of rotatable bonds is 7. The highest BCUT2D eigenvalue weighted by Crippen LogP contribution is 2.40. The molecule has 2 heterocycles. The van der Waals surface area contributed by atoms with Crippen molar-refractivity contribution in [2.24, 2.45) is 0 Å². The summed E-state index contributed by atoms with van der Waals surface area (Å²) in [6.07, 6.45) is 0.160. The summed E-state index contributed by atoms with van der Waals surface area (Å²) in [5.41, 5.74) is -1.14. The van der Waals surface area contributed by atoms with Crippen LogP contribution in [0.2, 0.25) is 0 Å². The van der Waals surface area contributed by atoms with Gasteiger partial charge in [-0.25, -0.2) is 4.39 Å². The smallest absolute Gasteiger partial charge is 0.420 e. The molecule has 0 N–H and O–H groups in total. The predicted molar refractivity (Wildman–Crippen MR) is 121 cm³/mol. The van der Waals surface area contributed by atoms with Gasteiger partial charge in [0.05, 0.1) is 35.6 Å². The summed E-state index contributed by atoms with van der Waals surface area (Å²) >= 11 is 0. The van der Waals surface area contributed by atoms with Crippen LogP contribution in [0.4, 0.5) is 23.2 Å². The first-order chi connectivity index (χ1) is 17.3. The third kappa shape index (κ3) is 5.49. The fraction of sp³-hybridized carbons (Fsp3) is 0.385. The molecule has 36 heavy (non-hydrogen) atoms. The number of alkyl halides is 3. The Labute approximate surface area is 205 Å². The van der Waals surface area contributed by atoms with Gasteiger partial charge in [-0.1, -0.05) is 6.07 Å². The summed E-state index contributed by atoms with van der Waals surface area (Å²) in [7, 11) is 0. The first kappa shape index (κ1) is 25.2. The number of hydrogen-bond acceptors (Lipinski definition) is 6. The Morgan fingerprint density at radius 2 is 1.69 bits per heavy atom. The second kappa shape index (κ2) is 10.8. The van der Waals surface area contributed by atoms with Crippen molar-refractivity contribution in [3.8, 4) is 17.9 Å². The Kier molecular flexibility index (Phi) is 7.54. The first-order valence-corrected chi connectivity index (χ1v) is 11.5. The number of benzene rings is 2. The molecule has 0 spiro atoms. The molecule has 6 nitrogen and oxygen atoms in total. The van der Waals surface area contributed by atoms with Gasteiger partial charge >= 0.3 is 6.18 Å². The molecule has 0 saturated carbocycles. The van der Waals surface area contributed by atoms with Crippen LogP contribution in [0.1, 0.15) is 53.9 Å². The van der Waals surface area contributed by atoms with Crippen LogP contribution in [0.5, 0.6) is 5.75 Å². The van der Waals surface area contributed by atoms with Gasteiger partial charge in [-0.15, -0.1) is 0 Å². The summed E-state index contributed by atoms with van der Waals surface area (Å²) in [5, 5.41) is 18.6. The quantitative estimate of drug-likeness (QED) is 0.343. The zero-order chi connectivity index (χ0) is 25.7. The molecule has 4 rings (SSSR count). The number of piperidine rings is 1. The molecule has 0 aliphatic carbocycles. The minimum Gasteiger partial charge on any atom is -0.494 e. The summed E-state index contributed by atoms with van der Waals surface area (Å²) in [6.45, 7) is 1.06. The van der Waals surface area contributed by atoms with Crippen molar-refractivity contribution in [3.05, 3.63) is 70.9 Å². The van der Waals surface area contributed by atoms with Crippen LogP contribution in [0, 0.1) is 28.5 Å². The second-order valence-corrected chi connectivity index (χ2v) is 8.52. The van der Waals surface area contributed by atoms with Crippen LogP contribution in [-0.2, 0) is 15.7 Å². The second-order valence-electron chi connectivity index (χ2n) is 8.52. The minimum absolute atomic E-state index is 0.00218. The molecule has 2 aliphatic heterocycles. The van der Waals surface area contributed by atoms with E-state index in [4.69, 9.17) is 19.5 Å². The van der Waals surface area contributed by atoms with E-state index in [9.17, 15) is 22.8 Å². The summed E-state index contributed by atoms with van der Waals surface area (Å²) in [6, 6.07) is 11.2. The highest BCUT2D eigenvalue weighted by Gasteiger charge is 2.39. The number of ether oxygens (including phenoxy) is 3. The molecule has 2 aromatic carbocycles. The SMILES string of the molecule is N#Cc1cc(OCCCC2OC=CO2)ccc1C1CCN(c2ccc(C#N)c(C(F)(F)F)c2F)CC1. The molecule has 188 valence electrons. The molecular weight excluding hydrogens is 478 g/mol. The van der Waals surface area contributed by atoms with Crippen molar-refractivity contribution in [1.29, 1.82) is 10.5 Å². The van der Waals surface area contributed by atoms with Crippen molar-refractivity contribution >= 4 is 5.69 Å². The fourth-order valence-corrected chi connectivity index (χ4v) is 4.54. The van der Waals surface area contributed by atoms with Crippen molar-refractivity contribution in [1.82, 2.24) is 0 Å². The van der Waals surface area contributed by atoms with E-state index in [1.807, 2.05) is 6.07 Å². The lowest BCUT2D eigenvalue weighted by Gasteiger charge is -2.34. The Balaban J connectivity index is 1.39. The zero-order valence-electron chi connectivity index (χ0n) is 19.2. The van der Waals surface area contributed by atoms with Crippen LogP contribution < -0.4 is 9.64 Å². The van der Waals surface area contributed by atoms with Crippen LogP contribution in [0.25, 0.3) is 0 Å². The average molecular weight is 501 g/mol. The molecule has 0 atom stereocenters. The van der Waals surface area contributed by atoms with E-state index >= 15 is 0 Å². The Morgan fingerprint density at radius 1 is 1.00 bits per heavy atom. The van der Waals surface area contributed by atoms with Gasteiger partial charge in [-0.05, 0) is 55.0 Å². The van der Waals surface area contributed by atoms with Crippen LogP contribution in [-0.4, -0.2) is 26.0 Å². The van der Waals surface area contributed by atoms with Gasteiger partial charge in [0.2, 0.25) is 6.29 Å². The molecule has 0 unspecified atom stereocenters. The van der Waals surface area contributed by atoms with Crippen LogP contribution in [0.3, 0.4) is 0 Å². The Bertz CT molecular complexity index is 1200. The van der Waals surface area contributed by atoms with E-state index in [0.717, 1.165) is 11.6 Å². The lowest BCUT2D eigenvalue weighted by atomic mass is 9.86. The normalized spacial score (nSPS) is 16.2. The fourth-order valence-electron chi connectivity index (χ4n) is 4.54. The number of nitrogens with zero attached hydrogens (tertiary/aromatic N) is 3. The van der Waals surface area contributed by atoms with Crippen molar-refractivity contribution in [2.75, 3.05) is 24.6 Å². The highest BCUT2D eigenvalue weighted by molar-refractivity contribution is 5.57. The van der Waals surface area contributed by atoms with Gasteiger partial charge in [0.1, 0.15) is 23.8 Å². The largest absolute Gasteiger partial charge is 0.494 e. The molecule has 0 radical (unpaired) electrons. The van der Waals surface area contributed by atoms with E-state index in [1.54, 1.807) is 17.0 Å². The van der Waals surface area contributed by atoms with Gasteiger partial charge in [0, 0.05) is 19.5 Å². The zero-order valence-corrected chi connectivity index (χ0v) is 19.2. The van der Waals surface area contributed by atoms with Gasteiger partial charge in [0.15, 0.2) is 5.82 Å². The van der Waals surface area contributed by atoms with Gasteiger partial charge in [-0.3, -0.25) is 0 Å². The van der Waals surface area contributed by atoms with E-state index < -0.39 is 23.1 Å². The Morgan fingerprint density at radius 3 is 2.33 bits per heavy atom. The highest BCUT2D eigenvalue weighted by atomic mass is 19.4. The van der Waals surface area contributed by atoms with Crippen molar-refractivity contribution in [3.63, 3.8) is 0 Å². The third-order valence-corrected chi connectivity index (χ3v) is 6.32. The average Bonchev–Trinajstić information content (AvgIpc) is 3.39. The molecule has 0 bridgehead atoms. The maximum Gasteiger partial charge on any atom is 0.420 e. The van der Waals surface area contributed by atoms with Gasteiger partial charge in [-0.2, -0.15) is 23.7 Å². The number of nitriles is 2. The lowest BCUT2D eigenvalue weighted by molar-refractivity contribution is -0.140. The molecule has 2 aliphatic rings. The maximum atomic E-state index is 14.8. The van der Waals surface area contributed by atoms with Crippen LogP contribution >= 0.6 is 0 Å². The third-order valence-electron chi connectivity index (χ3n) is 6.32. The Hall–Kier alpha value is -3.92. The minimum atomic E-state index is -4.97. The van der Waals surface area contributed by atoms with Crippen molar-refractivity contribution in [2.45, 2.75) is 44.1 Å². The molecular formula is C26H23F4N3O3. The topological polar surface area (TPSA) is 78.5 Å². The number of anilines is 1. The number of hydrogen-bond donors (Lipinski definition) is 0. The molecule has 10 heteroatoms. The van der Waals surface area contributed by atoms with Gasteiger partial charge < -0.3 is 19.1 Å². The van der Waals surface area contributed by atoms with E-state index in [1.165, 1.54) is 24.7 Å². The van der Waals surface area contributed by atoms with Crippen molar-refractivity contribution < 1.29 is 31.8 Å². The summed E-state index contributed by atoms with van der Waals surface area (Å²) in [4.78, 5) is 1.55. The van der Waals surface area contributed by atoms with Crippen LogP contribution in [0.15, 0.2) is 42.9 Å². The van der Waals surface area contributed by atoms with Gasteiger partial charge in [0.25, 0.3) is 0 Å². The number of halogens is 4. The first-order valence-electron chi connectivity index (χ1n) is 11.5. The van der Waals surface area contributed by atoms with E-state index in [2.05, 4.69) is 6.07 Å². The molecule has 1 saturated heterocycles. The molecule has 2 aromatic rings. The predicted octanol–water partition coefficient (Wildman–Crippen LogP) is 5.97.